The standard InChI is InChI=1S/C19H25N5O5S2/c1-12(16(25)15-17(20)22(2)19(27)23(3)18(15)26)30-14-8-7-13(11-21-14)31(28,29)24-9-5-4-6-10-24/h7-8,11-12H,4-6,9-10,20H2,1-3H3/t12-/m0/s1. The number of pyridine rings is 1. The Labute approximate surface area is 184 Å². The lowest BCUT2D eigenvalue weighted by molar-refractivity contribution is 0.0992. The molecule has 0 aromatic carbocycles. The van der Waals surface area contributed by atoms with Crippen molar-refractivity contribution < 1.29 is 13.2 Å². The summed E-state index contributed by atoms with van der Waals surface area (Å²) in [5.41, 5.74) is 4.23. The van der Waals surface area contributed by atoms with Gasteiger partial charge in [0.05, 0.1) is 10.3 Å². The molecule has 168 valence electrons. The van der Waals surface area contributed by atoms with Gasteiger partial charge in [0.25, 0.3) is 5.56 Å². The maximum atomic E-state index is 12.9. The monoisotopic (exact) mass is 467 g/mol. The highest BCUT2D eigenvalue weighted by Gasteiger charge is 2.28. The molecule has 1 saturated heterocycles. The van der Waals surface area contributed by atoms with E-state index in [2.05, 4.69) is 4.98 Å². The highest BCUT2D eigenvalue weighted by atomic mass is 32.2. The van der Waals surface area contributed by atoms with Crippen LogP contribution in [0.15, 0.2) is 37.8 Å². The number of aromatic nitrogens is 3. The molecule has 3 heterocycles. The first-order chi connectivity index (χ1) is 14.6. The SMILES string of the molecule is C[C@H](Sc1ccc(S(=O)(=O)N2CCCCC2)cn1)C(=O)c1c(N)n(C)c(=O)n(C)c1=O. The fourth-order valence-corrected chi connectivity index (χ4v) is 5.68. The number of piperidine rings is 1. The molecule has 1 fully saturated rings. The van der Waals surface area contributed by atoms with Gasteiger partial charge in [0, 0.05) is 33.4 Å². The number of hydrogen-bond acceptors (Lipinski definition) is 8. The Balaban J connectivity index is 1.80. The summed E-state index contributed by atoms with van der Waals surface area (Å²) in [5, 5.41) is -0.303. The lowest BCUT2D eigenvalue weighted by Crippen LogP contribution is -2.42. The Morgan fingerprint density at radius 2 is 1.77 bits per heavy atom. The minimum absolute atomic E-state index is 0.105. The number of nitrogens with two attached hydrogens (primary N) is 1. The molecule has 2 aromatic heterocycles. The van der Waals surface area contributed by atoms with Crippen LogP contribution in [0.5, 0.6) is 0 Å². The Morgan fingerprint density at radius 1 is 1.13 bits per heavy atom. The van der Waals surface area contributed by atoms with Crippen molar-refractivity contribution in [2.24, 2.45) is 14.1 Å². The molecule has 1 aliphatic rings. The van der Waals surface area contributed by atoms with E-state index in [1.54, 1.807) is 6.92 Å². The molecule has 10 nitrogen and oxygen atoms in total. The van der Waals surface area contributed by atoms with Crippen LogP contribution in [0.3, 0.4) is 0 Å². The van der Waals surface area contributed by atoms with Gasteiger partial charge in [-0.2, -0.15) is 4.31 Å². The Hall–Kier alpha value is -2.44. The number of nitrogen functional groups attached to an aromatic ring is 1. The molecule has 1 aliphatic heterocycles. The summed E-state index contributed by atoms with van der Waals surface area (Å²) in [4.78, 5) is 41.5. The van der Waals surface area contributed by atoms with Gasteiger partial charge in [0.1, 0.15) is 16.3 Å². The second-order valence-electron chi connectivity index (χ2n) is 7.39. The van der Waals surface area contributed by atoms with E-state index in [0.29, 0.717) is 18.1 Å². The van der Waals surface area contributed by atoms with Gasteiger partial charge in [-0.1, -0.05) is 18.2 Å². The zero-order valence-corrected chi connectivity index (χ0v) is 19.2. The van der Waals surface area contributed by atoms with Gasteiger partial charge >= 0.3 is 5.69 Å². The van der Waals surface area contributed by atoms with E-state index < -0.39 is 32.3 Å². The first-order valence-electron chi connectivity index (χ1n) is 9.78. The first-order valence-corrected chi connectivity index (χ1v) is 12.1. The predicted molar refractivity (Wildman–Crippen MR) is 118 cm³/mol. The van der Waals surface area contributed by atoms with Gasteiger partial charge in [0.15, 0.2) is 5.78 Å². The summed E-state index contributed by atoms with van der Waals surface area (Å²) in [6, 6.07) is 3.00. The normalized spacial score (nSPS) is 16.2. The van der Waals surface area contributed by atoms with Crippen LogP contribution in [0.1, 0.15) is 36.5 Å². The molecule has 31 heavy (non-hydrogen) atoms. The van der Waals surface area contributed by atoms with Gasteiger partial charge in [0.2, 0.25) is 10.0 Å². The summed E-state index contributed by atoms with van der Waals surface area (Å²) in [5.74, 6) is -0.730. The Morgan fingerprint density at radius 3 is 2.35 bits per heavy atom. The number of sulfonamides is 1. The molecule has 0 amide bonds. The van der Waals surface area contributed by atoms with Crippen molar-refractivity contribution in [1.29, 1.82) is 0 Å². The van der Waals surface area contributed by atoms with Crippen molar-refractivity contribution in [1.82, 2.24) is 18.4 Å². The molecule has 0 spiro atoms. The number of rotatable bonds is 6. The minimum Gasteiger partial charge on any atom is -0.384 e. The number of ketones is 1. The molecule has 1 atom stereocenters. The zero-order valence-electron chi connectivity index (χ0n) is 17.6. The maximum absolute atomic E-state index is 12.9. The summed E-state index contributed by atoms with van der Waals surface area (Å²) in [6.07, 6.45) is 3.99. The fourth-order valence-electron chi connectivity index (χ4n) is 3.37. The van der Waals surface area contributed by atoms with Crippen LogP contribution in [0, 0.1) is 0 Å². The van der Waals surface area contributed by atoms with Crippen molar-refractivity contribution in [3.05, 3.63) is 44.7 Å². The van der Waals surface area contributed by atoms with E-state index in [9.17, 15) is 22.8 Å². The lowest BCUT2D eigenvalue weighted by Gasteiger charge is -2.25. The number of thioether (sulfide) groups is 1. The molecule has 0 radical (unpaired) electrons. The molecule has 0 unspecified atom stereocenters. The summed E-state index contributed by atoms with van der Waals surface area (Å²) in [7, 11) is -0.927. The van der Waals surface area contributed by atoms with Crippen LogP contribution in [0.25, 0.3) is 0 Å². The van der Waals surface area contributed by atoms with Crippen LogP contribution >= 0.6 is 11.8 Å². The summed E-state index contributed by atoms with van der Waals surface area (Å²) < 4.78 is 28.8. The Bertz CT molecular complexity index is 1210. The van der Waals surface area contributed by atoms with Crippen LogP contribution in [-0.2, 0) is 24.1 Å². The minimum atomic E-state index is -3.59. The average molecular weight is 468 g/mol. The van der Waals surface area contributed by atoms with Crippen LogP contribution in [0.2, 0.25) is 0 Å². The van der Waals surface area contributed by atoms with Gasteiger partial charge < -0.3 is 5.73 Å². The van der Waals surface area contributed by atoms with E-state index in [4.69, 9.17) is 5.73 Å². The van der Waals surface area contributed by atoms with E-state index in [-0.39, 0.29) is 16.3 Å². The molecule has 2 N–H and O–H groups in total. The predicted octanol–water partition coefficient (Wildman–Crippen LogP) is 0.599. The van der Waals surface area contributed by atoms with E-state index in [1.165, 1.54) is 36.7 Å². The van der Waals surface area contributed by atoms with E-state index in [1.807, 2.05) is 0 Å². The van der Waals surface area contributed by atoms with Crippen molar-refractivity contribution in [2.75, 3.05) is 18.8 Å². The summed E-state index contributed by atoms with van der Waals surface area (Å²) >= 11 is 1.07. The third-order valence-electron chi connectivity index (χ3n) is 5.29. The quantitative estimate of drug-likeness (QED) is 0.482. The zero-order chi connectivity index (χ0) is 22.9. The average Bonchev–Trinajstić information content (AvgIpc) is 2.77. The smallest absolute Gasteiger partial charge is 0.332 e. The third-order valence-corrected chi connectivity index (χ3v) is 8.22. The summed E-state index contributed by atoms with van der Waals surface area (Å²) in [6.45, 7) is 2.59. The highest BCUT2D eigenvalue weighted by Crippen LogP contribution is 2.26. The number of anilines is 1. The number of Topliss-reactive ketones (excluding diaryl/α,β-unsaturated/α-hetero) is 1. The number of carbonyl (C=O) groups excluding carboxylic acids is 1. The van der Waals surface area contributed by atoms with Gasteiger partial charge in [-0.05, 0) is 31.9 Å². The maximum Gasteiger partial charge on any atom is 0.332 e. The van der Waals surface area contributed by atoms with Crippen molar-refractivity contribution in [3.8, 4) is 0 Å². The molecular formula is C19H25N5O5S2. The number of nitrogens with zero attached hydrogens (tertiary/aromatic N) is 4. The second kappa shape index (κ2) is 8.97. The fraction of sp³-hybridized carbons (Fsp3) is 0.474. The number of hydrogen-bond donors (Lipinski definition) is 1. The largest absolute Gasteiger partial charge is 0.384 e. The van der Waals surface area contributed by atoms with Gasteiger partial charge in [-0.3, -0.25) is 18.7 Å². The topological polar surface area (TPSA) is 137 Å². The Kier molecular flexibility index (Phi) is 6.72. The van der Waals surface area contributed by atoms with Crippen LogP contribution < -0.4 is 17.0 Å². The molecule has 12 heteroatoms. The van der Waals surface area contributed by atoms with Crippen molar-refractivity contribution in [2.45, 2.75) is 41.4 Å². The van der Waals surface area contributed by atoms with Crippen LogP contribution in [-0.4, -0.2) is 51.0 Å². The molecule has 0 saturated carbocycles. The van der Waals surface area contributed by atoms with E-state index >= 15 is 0 Å². The van der Waals surface area contributed by atoms with Gasteiger partial charge in [-0.15, -0.1) is 0 Å². The molecule has 0 bridgehead atoms. The number of carbonyl (C=O) groups is 1. The molecule has 3 rings (SSSR count). The van der Waals surface area contributed by atoms with Crippen molar-refractivity contribution >= 4 is 33.4 Å². The van der Waals surface area contributed by atoms with Gasteiger partial charge in [-0.25, -0.2) is 18.2 Å². The van der Waals surface area contributed by atoms with Crippen molar-refractivity contribution in [3.63, 3.8) is 0 Å². The van der Waals surface area contributed by atoms with E-state index in [0.717, 1.165) is 40.2 Å². The lowest BCUT2D eigenvalue weighted by atomic mass is 10.1. The van der Waals surface area contributed by atoms with Crippen LogP contribution in [0.4, 0.5) is 5.82 Å². The third kappa shape index (κ3) is 4.46. The molecular weight excluding hydrogens is 442 g/mol. The first kappa shape index (κ1) is 23.2. The second-order valence-corrected chi connectivity index (χ2v) is 10.7. The molecule has 0 aliphatic carbocycles. The highest BCUT2D eigenvalue weighted by molar-refractivity contribution is 8.00. The molecule has 2 aromatic rings.